The number of alkyl halides is 1. The molecule has 3 N–H and O–H groups in total. The van der Waals surface area contributed by atoms with Crippen molar-refractivity contribution in [2.75, 3.05) is 4.43 Å². The fraction of sp³-hybridized carbons (Fsp3) is 1.00. The molecule has 0 spiro atoms. The second-order valence-corrected chi connectivity index (χ2v) is 5.13. The van der Waals surface area contributed by atoms with Gasteiger partial charge >= 0.3 is 60.6 Å². The number of rotatable bonds is 0. The second kappa shape index (κ2) is 2.67. The van der Waals surface area contributed by atoms with Crippen LogP contribution in [0.15, 0.2) is 0 Å². The zero-order valence-corrected chi connectivity index (χ0v) is 6.91. The summed E-state index contributed by atoms with van der Waals surface area (Å²) in [5.74, 6) is -2.03. The van der Waals surface area contributed by atoms with Crippen molar-refractivity contribution in [3.8, 4) is 0 Å². The van der Waals surface area contributed by atoms with Crippen LogP contribution in [0.1, 0.15) is 12.8 Å². The third kappa shape index (κ3) is 2.34. The Bertz CT molecular complexity index is 105. The molecule has 0 radical (unpaired) electrons. The fourth-order valence-corrected chi connectivity index (χ4v) is 2.92. The summed E-state index contributed by atoms with van der Waals surface area (Å²) in [6.45, 7) is 0. The van der Waals surface area contributed by atoms with Gasteiger partial charge in [0.15, 0.2) is 0 Å². The van der Waals surface area contributed by atoms with Gasteiger partial charge in [-0.05, 0) is 0 Å². The monoisotopic (exact) mass is 248 g/mol. The predicted molar refractivity (Wildman–Crippen MR) is 38.6 cm³/mol. The van der Waals surface area contributed by atoms with Gasteiger partial charge in [0.1, 0.15) is 0 Å². The van der Waals surface area contributed by atoms with Gasteiger partial charge in [-0.15, -0.1) is 0 Å². The molecule has 5 heteroatoms. The summed E-state index contributed by atoms with van der Waals surface area (Å²) in [5, 5.41) is 17.5. The molecule has 1 aliphatic heterocycles. The molecule has 0 aromatic carbocycles. The number of hydrogen-bond acceptors (Lipinski definition) is 4. The molecule has 0 aromatic heterocycles. The number of aliphatic hydroxyl groups is 2. The normalized spacial score (nSPS) is 30.3. The van der Waals surface area contributed by atoms with E-state index in [0.29, 0.717) is 10.8 Å². The standard InChI is InChI=1S/C4H9IO4/c6-4(7)2-1-3-5(8)9-4/h6-8H,1-3H2. The Balaban J connectivity index is 2.41. The van der Waals surface area contributed by atoms with E-state index < -0.39 is 26.6 Å². The molecule has 0 bridgehead atoms. The topological polar surface area (TPSA) is 69.9 Å². The fourth-order valence-electron chi connectivity index (χ4n) is 0.631. The Morgan fingerprint density at radius 1 is 1.44 bits per heavy atom. The molecule has 0 aromatic rings. The van der Waals surface area contributed by atoms with Crippen molar-refractivity contribution in [3.63, 3.8) is 0 Å². The van der Waals surface area contributed by atoms with Crippen LogP contribution in [0.25, 0.3) is 0 Å². The molecule has 0 saturated carbocycles. The van der Waals surface area contributed by atoms with E-state index in [-0.39, 0.29) is 6.42 Å². The molecule has 1 saturated heterocycles. The molecule has 4 nitrogen and oxygen atoms in total. The van der Waals surface area contributed by atoms with E-state index in [0.717, 1.165) is 0 Å². The van der Waals surface area contributed by atoms with E-state index in [1.54, 1.807) is 0 Å². The molecule has 0 unspecified atom stereocenters. The first kappa shape index (κ1) is 7.67. The van der Waals surface area contributed by atoms with Gasteiger partial charge in [0.25, 0.3) is 0 Å². The van der Waals surface area contributed by atoms with Crippen molar-refractivity contribution in [2.24, 2.45) is 0 Å². The molecule has 1 fully saturated rings. The SMILES string of the molecule is OI1CCCC(O)(O)O1. The predicted octanol–water partition coefficient (Wildman–Crippen LogP) is -0.236. The van der Waals surface area contributed by atoms with Gasteiger partial charge in [-0.25, -0.2) is 0 Å². The van der Waals surface area contributed by atoms with Crippen molar-refractivity contribution >= 4 is 20.6 Å². The van der Waals surface area contributed by atoms with E-state index in [9.17, 15) is 0 Å². The Kier molecular flexibility index (Phi) is 2.27. The number of halogens is 1. The van der Waals surface area contributed by atoms with Crippen molar-refractivity contribution in [1.82, 2.24) is 0 Å². The summed E-state index contributed by atoms with van der Waals surface area (Å²) in [7, 11) is 0. The van der Waals surface area contributed by atoms with Gasteiger partial charge in [-0.1, -0.05) is 0 Å². The summed E-state index contributed by atoms with van der Waals surface area (Å²) in [6.07, 6.45) is 0.857. The van der Waals surface area contributed by atoms with Crippen LogP contribution in [0.5, 0.6) is 0 Å². The van der Waals surface area contributed by atoms with Crippen LogP contribution in [0.3, 0.4) is 0 Å². The Morgan fingerprint density at radius 3 is 2.44 bits per heavy atom. The van der Waals surface area contributed by atoms with E-state index in [1.807, 2.05) is 0 Å². The van der Waals surface area contributed by atoms with Gasteiger partial charge in [0.05, 0.1) is 0 Å². The van der Waals surface area contributed by atoms with Gasteiger partial charge in [0, 0.05) is 0 Å². The van der Waals surface area contributed by atoms with Crippen LogP contribution < -0.4 is 0 Å². The van der Waals surface area contributed by atoms with Gasteiger partial charge in [-0.2, -0.15) is 0 Å². The molecule has 0 amide bonds. The zero-order chi connectivity index (χ0) is 6.91. The molecule has 9 heavy (non-hydrogen) atoms. The third-order valence-corrected chi connectivity index (χ3v) is 3.91. The average Bonchev–Trinajstić information content (AvgIpc) is 1.60. The number of hydrogen-bond donors (Lipinski definition) is 3. The maximum absolute atomic E-state index is 8.86. The minimum absolute atomic E-state index is 0.210. The van der Waals surface area contributed by atoms with E-state index in [1.165, 1.54) is 0 Å². The first-order valence-corrected chi connectivity index (χ1v) is 5.97. The van der Waals surface area contributed by atoms with Crippen LogP contribution in [-0.4, -0.2) is 24.0 Å². The molecular weight excluding hydrogens is 239 g/mol. The van der Waals surface area contributed by atoms with Crippen LogP contribution in [0.2, 0.25) is 0 Å². The molecule has 56 valence electrons. The third-order valence-electron chi connectivity index (χ3n) is 1.01. The Hall–Kier alpha value is 0.570. The van der Waals surface area contributed by atoms with Crippen LogP contribution in [0.4, 0.5) is 0 Å². The summed E-state index contributed by atoms with van der Waals surface area (Å²) in [5.41, 5.74) is 0. The molecule has 1 rings (SSSR count). The molecule has 0 atom stereocenters. The zero-order valence-electron chi connectivity index (χ0n) is 4.75. The average molecular weight is 248 g/mol. The minimum atomic E-state index is -2.37. The Labute approximate surface area is 60.9 Å². The summed E-state index contributed by atoms with van der Waals surface area (Å²) in [4.78, 5) is 0. The second-order valence-electron chi connectivity index (χ2n) is 1.91. The first-order valence-electron chi connectivity index (χ1n) is 2.60. The maximum atomic E-state index is 8.86. The molecule has 0 aliphatic carbocycles. The van der Waals surface area contributed by atoms with Crippen molar-refractivity contribution in [1.29, 1.82) is 0 Å². The van der Waals surface area contributed by atoms with Crippen LogP contribution >= 0.6 is 20.6 Å². The van der Waals surface area contributed by atoms with Gasteiger partial charge < -0.3 is 0 Å². The van der Waals surface area contributed by atoms with E-state index in [4.69, 9.17) is 13.6 Å². The quantitative estimate of drug-likeness (QED) is 0.314. The van der Waals surface area contributed by atoms with E-state index in [2.05, 4.69) is 3.07 Å². The summed E-state index contributed by atoms with van der Waals surface area (Å²) in [6, 6.07) is 0. The van der Waals surface area contributed by atoms with Gasteiger partial charge in [0.2, 0.25) is 0 Å². The van der Waals surface area contributed by atoms with Crippen molar-refractivity contribution < 1.29 is 16.7 Å². The van der Waals surface area contributed by atoms with E-state index >= 15 is 0 Å². The summed E-state index contributed by atoms with van der Waals surface area (Å²) >= 11 is -2.37. The van der Waals surface area contributed by atoms with Crippen LogP contribution in [0, 0.1) is 0 Å². The van der Waals surface area contributed by atoms with Crippen LogP contribution in [-0.2, 0) is 3.07 Å². The van der Waals surface area contributed by atoms with Gasteiger partial charge in [-0.3, -0.25) is 0 Å². The van der Waals surface area contributed by atoms with Crippen molar-refractivity contribution in [2.45, 2.75) is 18.8 Å². The molecule has 1 heterocycles. The first-order chi connectivity index (χ1) is 4.10. The van der Waals surface area contributed by atoms with Crippen molar-refractivity contribution in [3.05, 3.63) is 0 Å². The molecular formula is C4H9IO4. The molecule has 1 aliphatic rings. The Morgan fingerprint density at radius 2 is 2.11 bits per heavy atom. The summed E-state index contributed by atoms with van der Waals surface area (Å²) < 4.78 is 14.0.